The van der Waals surface area contributed by atoms with Crippen LogP contribution in [0.4, 0.5) is 17.3 Å². The molecule has 0 atom stereocenters. The van der Waals surface area contributed by atoms with Gasteiger partial charge < -0.3 is 87.0 Å². The van der Waals surface area contributed by atoms with Gasteiger partial charge in [0.1, 0.15) is 23.1 Å². The molecule has 18 nitrogen and oxygen atoms in total. The second-order valence-electron chi connectivity index (χ2n) is 12.0. The number of Topliss-reactive ketones (excluding diaryl/α,β-unsaturated/α-hetero) is 4. The predicted octanol–water partition coefficient (Wildman–Crippen LogP) is 1.52. The van der Waals surface area contributed by atoms with Crippen LogP contribution in [0.1, 0.15) is 119 Å². The third-order valence-electron chi connectivity index (χ3n) is 5.00. The van der Waals surface area contributed by atoms with Crippen molar-refractivity contribution in [3.05, 3.63) is 142 Å². The maximum atomic E-state index is 10.2. The van der Waals surface area contributed by atoms with Crippen LogP contribution in [0.5, 0.6) is 0 Å². The van der Waals surface area contributed by atoms with E-state index in [-0.39, 0.29) is 95.3 Å². The van der Waals surface area contributed by atoms with Crippen LogP contribution >= 0.6 is 0 Å². The smallest absolute Gasteiger partial charge is 0.545 e. The Hall–Kier alpha value is -7.65. The summed E-state index contributed by atoms with van der Waals surface area (Å²) >= 11 is 0. The summed E-state index contributed by atoms with van der Waals surface area (Å²) in [6.07, 6.45) is 0. The van der Waals surface area contributed by atoms with Gasteiger partial charge in [-0.05, 0) is 126 Å². The fourth-order valence-corrected chi connectivity index (χ4v) is 2.72. The van der Waals surface area contributed by atoms with Gasteiger partial charge in [0.15, 0.2) is 0 Å². The van der Waals surface area contributed by atoms with Gasteiger partial charge in [-0.3, -0.25) is 0 Å². The summed E-state index contributed by atoms with van der Waals surface area (Å²) in [5, 5.41) is 74.2. The average molecular weight is 1140 g/mol. The molecule has 0 unspecified atom stereocenters. The van der Waals surface area contributed by atoms with Gasteiger partial charge in [0, 0.05) is 0 Å². The van der Waals surface area contributed by atoms with Crippen molar-refractivity contribution in [2.24, 2.45) is 0 Å². The van der Waals surface area contributed by atoms with Gasteiger partial charge >= 0.3 is 46.2 Å². The monoisotopic (exact) mass is 1150 g/mol. The molecule has 4 rings (SSSR count). The Kier molecular flexibility index (Phi) is 57.1. The van der Waals surface area contributed by atoms with Crippen molar-refractivity contribution in [2.45, 2.75) is 55.4 Å². The van der Waals surface area contributed by atoms with Crippen molar-refractivity contribution in [3.8, 4) is 24.3 Å². The number of benzene rings is 4. The van der Waals surface area contributed by atoms with Gasteiger partial charge in [0.2, 0.25) is 0 Å². The standard InChI is InChI=1S/4C8H5NO2.4C3H6O.BF4.2H2O.2Ru/c4*9-5-6-1-3-7(4-2-6)8(10)11;4*1-3(2)4;2-1(3,4)5;;;;/h4*1-4H,(H,10,11);4*1-2H3;;2*1H2;;/q;;;;;;;;-1;;;+2;+3/p-2. The van der Waals surface area contributed by atoms with E-state index in [1.165, 1.54) is 152 Å². The van der Waals surface area contributed by atoms with E-state index in [0.717, 1.165) is 0 Å². The fourth-order valence-electron chi connectivity index (χ4n) is 2.72. The first-order chi connectivity index (χ1) is 29.9. The molecule has 4 aromatic carbocycles. The van der Waals surface area contributed by atoms with Crippen molar-refractivity contribution in [1.82, 2.24) is 0 Å². The Morgan fingerprint density at radius 1 is 0.362 bits per heavy atom. The normalized spacial score (nSPS) is 7.88. The zero-order chi connectivity index (χ0) is 51.9. The third-order valence-corrected chi connectivity index (χ3v) is 5.00. The van der Waals surface area contributed by atoms with E-state index in [0.29, 0.717) is 22.3 Å². The first kappa shape index (κ1) is 81.5. The predicted molar refractivity (Wildman–Crippen MR) is 227 cm³/mol. The second-order valence-corrected chi connectivity index (χ2v) is 12.0. The number of carbonyl (C=O) groups excluding carboxylic acids is 8. The summed E-state index contributed by atoms with van der Waals surface area (Å²) in [6.45, 7) is 12.2. The zero-order valence-corrected chi connectivity index (χ0v) is 41.4. The molecule has 0 fully saturated rings. The fraction of sp³-hybridized carbons (Fsp3) is 0.182. The van der Waals surface area contributed by atoms with Gasteiger partial charge in [-0.1, -0.05) is 48.5 Å². The van der Waals surface area contributed by atoms with Gasteiger partial charge in [-0.2, -0.15) is 21.0 Å². The molecule has 6 N–H and O–H groups in total. The van der Waals surface area contributed by atoms with E-state index in [1.807, 2.05) is 24.3 Å². The molecular formula is C44H46BF4N4O14Ru2+2. The molecule has 0 saturated carbocycles. The third kappa shape index (κ3) is 64.7. The quantitative estimate of drug-likeness (QED) is 0.159. The molecular weight excluding hydrogens is 1100 g/mol. The Morgan fingerprint density at radius 2 is 0.449 bits per heavy atom. The summed E-state index contributed by atoms with van der Waals surface area (Å²) in [6, 6.07) is 29.7. The Balaban J connectivity index is -0.0000000862. The van der Waals surface area contributed by atoms with Crippen LogP contribution < -0.4 is 20.4 Å². The zero-order valence-electron chi connectivity index (χ0n) is 37.9. The number of carbonyl (C=O) groups is 8. The van der Waals surface area contributed by atoms with Crippen LogP contribution in [0.15, 0.2) is 97.1 Å². The molecule has 0 bridgehead atoms. The summed E-state index contributed by atoms with van der Waals surface area (Å²) < 4.78 is 39.0. The summed E-state index contributed by atoms with van der Waals surface area (Å²) in [7, 11) is -6.00. The maximum Gasteiger partial charge on any atom is 3.00 e. The van der Waals surface area contributed by atoms with E-state index < -0.39 is 31.1 Å². The van der Waals surface area contributed by atoms with Crippen LogP contribution in [0.25, 0.3) is 0 Å². The molecule has 1 radical (unpaired) electrons. The largest absolute Gasteiger partial charge is 3.00 e. The number of carboxylic acid groups (broad SMARTS) is 4. The molecule has 0 aromatic heterocycles. The molecule has 0 spiro atoms. The van der Waals surface area contributed by atoms with E-state index >= 15 is 0 Å². The Morgan fingerprint density at radius 3 is 0.507 bits per heavy atom. The van der Waals surface area contributed by atoms with Gasteiger partial charge in [-0.25, -0.2) is 0 Å². The minimum atomic E-state index is -6.00. The molecule has 0 saturated heterocycles. The molecule has 0 aliphatic carbocycles. The summed E-state index contributed by atoms with van der Waals surface area (Å²) in [5.41, 5.74) is 2.11. The molecule has 69 heavy (non-hydrogen) atoms. The Labute approximate surface area is 420 Å². The molecule has 0 aliphatic rings. The number of hydrogen-bond acceptors (Lipinski definition) is 16. The number of aromatic carboxylic acids is 4. The van der Waals surface area contributed by atoms with Gasteiger partial charge in [-0.15, -0.1) is 0 Å². The van der Waals surface area contributed by atoms with E-state index in [1.54, 1.807) is 0 Å². The molecule has 0 aliphatic heterocycles. The number of ketones is 4. The summed E-state index contributed by atoms with van der Waals surface area (Å²) in [4.78, 5) is 78.6. The van der Waals surface area contributed by atoms with Crippen LogP contribution in [0, 0.1) is 45.3 Å². The minimum Gasteiger partial charge on any atom is -0.545 e. The topological polar surface area (TPSA) is 390 Å². The van der Waals surface area contributed by atoms with Crippen LogP contribution in [0.2, 0.25) is 0 Å². The van der Waals surface area contributed by atoms with Crippen LogP contribution in [0.3, 0.4) is 0 Å². The Bertz CT molecular complexity index is 1990. The molecule has 0 amide bonds. The minimum absolute atomic E-state index is 0. The number of hydrogen-bond donors (Lipinski definition) is 0. The van der Waals surface area contributed by atoms with Crippen molar-refractivity contribution < 1.29 is 126 Å². The van der Waals surface area contributed by atoms with E-state index in [4.69, 9.17) is 21.0 Å². The summed E-state index contributed by atoms with van der Waals surface area (Å²) in [5.74, 6) is -4.24. The van der Waals surface area contributed by atoms with Crippen LogP contribution in [-0.2, 0) is 69.1 Å². The molecule has 25 heteroatoms. The van der Waals surface area contributed by atoms with Gasteiger partial charge in [0.05, 0.1) is 70.4 Å². The van der Waals surface area contributed by atoms with Crippen molar-refractivity contribution in [2.75, 3.05) is 0 Å². The first-order valence-electron chi connectivity index (χ1n) is 17.5. The molecule has 0 heterocycles. The van der Waals surface area contributed by atoms with Crippen molar-refractivity contribution in [1.29, 1.82) is 21.0 Å². The molecule has 4 aromatic rings. The first-order valence-corrected chi connectivity index (χ1v) is 17.5. The number of rotatable bonds is 4. The SMILES string of the molecule is CC(C)=O.CC(C)=O.CC(C)=O.CC(C)=O.F[B-](F)(F)F.N#Cc1ccc(C(=O)[O-])cc1.N#Cc1ccc(C(=O)[O-])cc1.N#Cc1ccc(C(=O)[O-])cc1.N#Cc1ccc(C(=O)[O-])cc1.[OH3+].[OH3+].[Ru+2].[Ru+3]. The number of nitriles is 4. The van der Waals surface area contributed by atoms with Crippen molar-refractivity contribution >= 4 is 54.3 Å². The average Bonchev–Trinajstić information content (AvgIpc) is 3.20. The number of halogens is 4. The van der Waals surface area contributed by atoms with E-state index in [9.17, 15) is 76.0 Å². The van der Waals surface area contributed by atoms with Crippen LogP contribution in [-0.4, -0.2) is 54.3 Å². The molecule has 371 valence electrons. The van der Waals surface area contributed by atoms with Gasteiger partial charge in [0.25, 0.3) is 0 Å². The second kappa shape index (κ2) is 48.3. The number of nitrogens with zero attached hydrogens (tertiary/aromatic N) is 4. The van der Waals surface area contributed by atoms with E-state index in [2.05, 4.69) is 0 Å². The maximum absolute atomic E-state index is 10.2. The van der Waals surface area contributed by atoms with Crippen molar-refractivity contribution in [3.63, 3.8) is 0 Å². The number of carboxylic acids is 4.